The van der Waals surface area contributed by atoms with E-state index in [-0.39, 0.29) is 48.9 Å². The van der Waals surface area contributed by atoms with Crippen molar-refractivity contribution in [2.45, 2.75) is 12.1 Å². The first kappa shape index (κ1) is 14.6. The van der Waals surface area contributed by atoms with E-state index in [1.165, 1.54) is 0 Å². The summed E-state index contributed by atoms with van der Waals surface area (Å²) in [6.07, 6.45) is 0.00290. The number of hydrogen-bond acceptors (Lipinski definition) is 5. The number of hydrogen-bond donors (Lipinski definition) is 0. The molecular weight excluding hydrogens is 216 g/mol. The quantitative estimate of drug-likeness (QED) is 0.285. The molecule has 0 radical (unpaired) electrons. The van der Waals surface area contributed by atoms with Crippen molar-refractivity contribution in [1.29, 1.82) is 0 Å². The van der Waals surface area contributed by atoms with Crippen molar-refractivity contribution in [2.24, 2.45) is 0 Å². The van der Waals surface area contributed by atoms with Gasteiger partial charge in [-0.15, -0.1) is 0 Å². The van der Waals surface area contributed by atoms with Crippen LogP contribution in [-0.4, -0.2) is 43.5 Å². The molecule has 14 heavy (non-hydrogen) atoms. The van der Waals surface area contributed by atoms with E-state index in [0.717, 1.165) is 0 Å². The van der Waals surface area contributed by atoms with Crippen LogP contribution in [0.25, 0.3) is 0 Å². The summed E-state index contributed by atoms with van der Waals surface area (Å²) in [5.74, 6) is -0.417. The van der Waals surface area contributed by atoms with Gasteiger partial charge in [0.1, 0.15) is 6.61 Å². The van der Waals surface area contributed by atoms with Crippen LogP contribution >= 0.6 is 7.37 Å². The van der Waals surface area contributed by atoms with Gasteiger partial charge < -0.3 is 19.1 Å². The standard InChI is InChI=1S/C7H14NO4P.Na/c1-8(2)5-13(10,11)6-3-7(9)12-4-6;/h6H,3-5H2,1-2H3,(H,10,11);/q;+1/p-1. The van der Waals surface area contributed by atoms with Crippen molar-refractivity contribution in [1.82, 2.24) is 4.90 Å². The third-order valence-corrected chi connectivity index (χ3v) is 4.28. The van der Waals surface area contributed by atoms with E-state index in [1.54, 1.807) is 19.0 Å². The molecule has 0 bridgehead atoms. The number of rotatable bonds is 3. The summed E-state index contributed by atoms with van der Waals surface area (Å²) >= 11 is 0. The van der Waals surface area contributed by atoms with Gasteiger partial charge in [0.25, 0.3) is 0 Å². The summed E-state index contributed by atoms with van der Waals surface area (Å²) in [6.45, 7) is 0.0213. The Kier molecular flexibility index (Phi) is 5.88. The van der Waals surface area contributed by atoms with Crippen LogP contribution in [-0.2, 0) is 14.1 Å². The predicted octanol–water partition coefficient (Wildman–Crippen LogP) is -3.54. The Morgan fingerprint density at radius 2 is 2.21 bits per heavy atom. The van der Waals surface area contributed by atoms with Crippen molar-refractivity contribution < 1.29 is 48.5 Å². The van der Waals surface area contributed by atoms with E-state index >= 15 is 0 Å². The molecule has 1 fully saturated rings. The molecule has 0 aliphatic carbocycles. The topological polar surface area (TPSA) is 69.7 Å². The van der Waals surface area contributed by atoms with Crippen molar-refractivity contribution in [2.75, 3.05) is 27.0 Å². The molecule has 0 aromatic heterocycles. The van der Waals surface area contributed by atoms with Crippen LogP contribution in [0.1, 0.15) is 6.42 Å². The second-order valence-electron chi connectivity index (χ2n) is 3.49. The van der Waals surface area contributed by atoms with E-state index < -0.39 is 19.0 Å². The molecule has 0 aromatic rings. The monoisotopic (exact) mass is 229 g/mol. The molecule has 2 unspecified atom stereocenters. The molecule has 0 amide bonds. The molecule has 0 spiro atoms. The molecule has 5 nitrogen and oxygen atoms in total. The molecule has 76 valence electrons. The van der Waals surface area contributed by atoms with Gasteiger partial charge in [-0.25, -0.2) is 0 Å². The fraction of sp³-hybridized carbons (Fsp3) is 0.857. The summed E-state index contributed by atoms with van der Waals surface area (Å²) in [4.78, 5) is 23.8. The zero-order chi connectivity index (χ0) is 10.1. The van der Waals surface area contributed by atoms with E-state index in [4.69, 9.17) is 0 Å². The van der Waals surface area contributed by atoms with Gasteiger partial charge in [-0.3, -0.25) is 4.79 Å². The molecule has 7 heteroatoms. The molecule has 1 saturated heterocycles. The maximum absolute atomic E-state index is 11.5. The fourth-order valence-electron chi connectivity index (χ4n) is 1.26. The van der Waals surface area contributed by atoms with Gasteiger partial charge in [-0.05, 0) is 14.1 Å². The second kappa shape index (κ2) is 5.64. The largest absolute Gasteiger partial charge is 1.00 e. The Hall–Kier alpha value is 0.620. The molecule has 0 saturated carbocycles. The van der Waals surface area contributed by atoms with Crippen LogP contribution in [0, 0.1) is 0 Å². The first-order valence-corrected chi connectivity index (χ1v) is 5.90. The molecule has 1 aliphatic rings. The van der Waals surface area contributed by atoms with E-state index in [2.05, 4.69) is 4.74 Å². The van der Waals surface area contributed by atoms with Gasteiger partial charge in [-0.2, -0.15) is 0 Å². The molecular formula is C7H13NNaO4P. The number of esters is 1. The Morgan fingerprint density at radius 3 is 2.57 bits per heavy atom. The van der Waals surface area contributed by atoms with Crippen molar-refractivity contribution >= 4 is 13.3 Å². The third-order valence-electron chi connectivity index (χ3n) is 1.88. The minimum Gasteiger partial charge on any atom is -0.798 e. The van der Waals surface area contributed by atoms with Crippen molar-refractivity contribution in [3.8, 4) is 0 Å². The summed E-state index contributed by atoms with van der Waals surface area (Å²) in [6, 6.07) is 0. The minimum atomic E-state index is -3.50. The average molecular weight is 229 g/mol. The summed E-state index contributed by atoms with van der Waals surface area (Å²) in [7, 11) is -0.138. The molecule has 0 aromatic carbocycles. The van der Waals surface area contributed by atoms with Gasteiger partial charge in [0, 0.05) is 19.3 Å². The van der Waals surface area contributed by atoms with E-state index in [9.17, 15) is 14.3 Å². The van der Waals surface area contributed by atoms with Crippen LogP contribution in [0.5, 0.6) is 0 Å². The summed E-state index contributed by atoms with van der Waals surface area (Å²) < 4.78 is 16.1. The van der Waals surface area contributed by atoms with Crippen molar-refractivity contribution in [3.05, 3.63) is 0 Å². The van der Waals surface area contributed by atoms with Gasteiger partial charge in [0.05, 0.1) is 6.42 Å². The van der Waals surface area contributed by atoms with Crippen LogP contribution in [0.15, 0.2) is 0 Å². The number of ether oxygens (including phenoxy) is 1. The Balaban J connectivity index is 0.00000169. The fourth-order valence-corrected chi connectivity index (χ4v) is 3.01. The average Bonchev–Trinajstić information content (AvgIpc) is 2.32. The Bertz CT molecular complexity index is 258. The SMILES string of the molecule is CN(C)CP(=O)([O-])C1COC(=O)C1.[Na+]. The van der Waals surface area contributed by atoms with Crippen LogP contribution < -0.4 is 34.5 Å². The zero-order valence-corrected chi connectivity index (χ0v) is 11.6. The first-order chi connectivity index (χ1) is 5.92. The van der Waals surface area contributed by atoms with E-state index in [1.807, 2.05) is 0 Å². The van der Waals surface area contributed by atoms with E-state index in [0.29, 0.717) is 0 Å². The number of nitrogens with zero attached hydrogens (tertiary/aromatic N) is 1. The number of carbonyl (C=O) groups excluding carboxylic acids is 1. The molecule has 1 heterocycles. The first-order valence-electron chi connectivity index (χ1n) is 4.02. The van der Waals surface area contributed by atoms with Gasteiger partial charge >= 0.3 is 35.5 Å². The molecule has 0 N–H and O–H groups in total. The van der Waals surface area contributed by atoms with Gasteiger partial charge in [0.2, 0.25) is 0 Å². The number of cyclic esters (lactones) is 1. The third kappa shape index (κ3) is 4.01. The zero-order valence-electron chi connectivity index (χ0n) is 8.73. The smallest absolute Gasteiger partial charge is 0.798 e. The summed E-state index contributed by atoms with van der Waals surface area (Å²) in [5.41, 5.74) is -0.623. The summed E-state index contributed by atoms with van der Waals surface area (Å²) in [5, 5.41) is 0. The molecule has 1 rings (SSSR count). The molecule has 1 aliphatic heterocycles. The Morgan fingerprint density at radius 1 is 1.64 bits per heavy atom. The van der Waals surface area contributed by atoms with Gasteiger partial charge in [-0.1, -0.05) is 0 Å². The predicted molar refractivity (Wildman–Crippen MR) is 45.5 cm³/mol. The maximum Gasteiger partial charge on any atom is 1.00 e. The Labute approximate surface area is 106 Å². The van der Waals surface area contributed by atoms with Crippen molar-refractivity contribution in [3.63, 3.8) is 0 Å². The second-order valence-corrected chi connectivity index (χ2v) is 5.95. The van der Waals surface area contributed by atoms with Crippen LogP contribution in [0.2, 0.25) is 0 Å². The van der Waals surface area contributed by atoms with Crippen LogP contribution in [0.3, 0.4) is 0 Å². The van der Waals surface area contributed by atoms with Gasteiger partial charge in [0.15, 0.2) is 0 Å². The maximum atomic E-state index is 11.5. The number of carbonyl (C=O) groups is 1. The molecule has 2 atom stereocenters. The minimum absolute atomic E-state index is 0. The normalized spacial score (nSPS) is 25.4. The van der Waals surface area contributed by atoms with Crippen LogP contribution in [0.4, 0.5) is 0 Å².